The maximum absolute atomic E-state index is 13.7. The van der Waals surface area contributed by atoms with Gasteiger partial charge in [0.15, 0.2) is 11.4 Å². The van der Waals surface area contributed by atoms with Crippen molar-refractivity contribution in [1.82, 2.24) is 5.32 Å². The van der Waals surface area contributed by atoms with Crippen LogP contribution in [0.4, 0.5) is 0 Å². The number of phenols is 1. The number of ether oxygens (including phenoxy) is 1. The van der Waals surface area contributed by atoms with Crippen molar-refractivity contribution in [2.24, 2.45) is 17.6 Å². The van der Waals surface area contributed by atoms with E-state index in [1.54, 1.807) is 13.2 Å². The van der Waals surface area contributed by atoms with E-state index >= 15 is 0 Å². The Morgan fingerprint density at radius 2 is 1.85 bits per heavy atom. The van der Waals surface area contributed by atoms with E-state index in [-0.39, 0.29) is 42.2 Å². The predicted molar refractivity (Wildman–Crippen MR) is 145 cm³/mol. The minimum Gasteiger partial charge on any atom is -0.508 e. The topological polar surface area (TPSA) is 179 Å². The third-order valence-corrected chi connectivity index (χ3v) is 8.22. The molecule has 3 atom stereocenters. The second-order valence-corrected chi connectivity index (χ2v) is 11.0. The van der Waals surface area contributed by atoms with Crippen LogP contribution in [0.2, 0.25) is 0 Å². The summed E-state index contributed by atoms with van der Waals surface area (Å²) in [5, 5.41) is 47.8. The van der Waals surface area contributed by atoms with Gasteiger partial charge in [0.05, 0.1) is 12.7 Å². The van der Waals surface area contributed by atoms with Crippen LogP contribution in [0.25, 0.3) is 16.9 Å². The normalized spacial score (nSPS) is 24.1. The summed E-state index contributed by atoms with van der Waals surface area (Å²) in [6.07, 6.45) is -0.100. The third kappa shape index (κ3) is 4.06. The van der Waals surface area contributed by atoms with Gasteiger partial charge in [-0.05, 0) is 53.6 Å². The highest BCUT2D eigenvalue weighted by molar-refractivity contribution is 6.22. The zero-order valence-corrected chi connectivity index (χ0v) is 22.4. The average molecular weight is 549 g/mol. The molecule has 0 aromatic heterocycles. The first kappa shape index (κ1) is 27.4. The second kappa shape index (κ2) is 9.79. The number of fused-ring (bicyclic) bond motifs is 3. The zero-order chi connectivity index (χ0) is 29.1. The number of carbonyl (C=O) groups is 3. The summed E-state index contributed by atoms with van der Waals surface area (Å²) < 4.78 is 5.64. The van der Waals surface area contributed by atoms with E-state index in [4.69, 9.17) is 10.5 Å². The number of primary amides is 1. The van der Waals surface area contributed by atoms with Crippen LogP contribution < -0.4 is 15.8 Å². The van der Waals surface area contributed by atoms with E-state index in [1.165, 1.54) is 6.07 Å². The number of nitrogens with one attached hydrogen (secondary N) is 1. The molecular formula is C30H32N2O8. The minimum atomic E-state index is -2.59. The molecule has 10 nitrogen and oxygen atoms in total. The average Bonchev–Trinajstić information content (AvgIpc) is 2.89. The Balaban J connectivity index is 1.67. The molecule has 2 aromatic carbocycles. The fourth-order valence-corrected chi connectivity index (χ4v) is 6.27. The summed E-state index contributed by atoms with van der Waals surface area (Å²) in [4.78, 5) is 38.2. The summed E-state index contributed by atoms with van der Waals surface area (Å²) in [6.45, 7) is 4.70. The van der Waals surface area contributed by atoms with Crippen molar-refractivity contribution in [2.45, 2.75) is 51.3 Å². The molecule has 0 saturated heterocycles. The van der Waals surface area contributed by atoms with E-state index in [0.29, 0.717) is 23.4 Å². The molecule has 0 heterocycles. The van der Waals surface area contributed by atoms with Gasteiger partial charge in [0.1, 0.15) is 28.6 Å². The number of hydrogen-bond donors (Lipinski definition) is 6. The van der Waals surface area contributed by atoms with Crippen molar-refractivity contribution in [3.8, 4) is 22.6 Å². The molecule has 5 rings (SSSR count). The molecule has 0 spiro atoms. The lowest BCUT2D eigenvalue weighted by atomic mass is 9.59. The Hall–Kier alpha value is -4.15. The largest absolute Gasteiger partial charge is 0.508 e. The number of rotatable bonds is 6. The smallest absolute Gasteiger partial charge is 0.255 e. The number of hydrogen-bond acceptors (Lipinski definition) is 9. The summed E-state index contributed by atoms with van der Waals surface area (Å²) in [7, 11) is 1.55. The zero-order valence-electron chi connectivity index (χ0n) is 22.4. The lowest BCUT2D eigenvalue weighted by Crippen LogP contribution is -2.58. The number of aliphatic hydroxyl groups excluding tert-OH is 2. The van der Waals surface area contributed by atoms with Gasteiger partial charge in [0.25, 0.3) is 5.91 Å². The Bertz CT molecular complexity index is 1520. The number of phenolic OH excluding ortho intramolecular Hbond substituents is 1. The number of aliphatic hydroxyl groups is 3. The number of methoxy groups -OCH3 is 1. The van der Waals surface area contributed by atoms with Gasteiger partial charge in [-0.2, -0.15) is 0 Å². The molecule has 1 amide bonds. The summed E-state index contributed by atoms with van der Waals surface area (Å²) in [5.41, 5.74) is 4.70. The number of nitrogens with two attached hydrogens (primary N) is 1. The maximum atomic E-state index is 13.7. The summed E-state index contributed by atoms with van der Waals surface area (Å²) >= 11 is 0. The van der Waals surface area contributed by atoms with E-state index in [0.717, 1.165) is 11.1 Å². The lowest BCUT2D eigenvalue weighted by molar-refractivity contribution is -0.147. The molecule has 2 aromatic rings. The molecular weight excluding hydrogens is 516 g/mol. The van der Waals surface area contributed by atoms with E-state index in [1.807, 2.05) is 32.0 Å². The second-order valence-electron chi connectivity index (χ2n) is 11.0. The van der Waals surface area contributed by atoms with Crippen LogP contribution in [0, 0.1) is 11.8 Å². The van der Waals surface area contributed by atoms with Gasteiger partial charge >= 0.3 is 0 Å². The highest BCUT2D eigenvalue weighted by Crippen LogP contribution is 2.53. The summed E-state index contributed by atoms with van der Waals surface area (Å²) in [5.74, 6) is -5.99. The highest BCUT2D eigenvalue weighted by atomic mass is 16.5. The molecule has 1 saturated carbocycles. The van der Waals surface area contributed by atoms with Gasteiger partial charge in [-0.15, -0.1) is 0 Å². The Morgan fingerprint density at radius 1 is 1.12 bits per heavy atom. The van der Waals surface area contributed by atoms with Gasteiger partial charge in [-0.1, -0.05) is 26.0 Å². The van der Waals surface area contributed by atoms with Crippen LogP contribution in [0.1, 0.15) is 43.4 Å². The van der Waals surface area contributed by atoms with Crippen LogP contribution in [0.15, 0.2) is 47.2 Å². The van der Waals surface area contributed by atoms with Crippen LogP contribution in [0.5, 0.6) is 11.5 Å². The standard InChI is InChI=1S/C30H32N2O8/c1-13(2)32-12-14-4-7-22(40-3)18(8-14)17-5-6-20(33)24-19(17)10-15-9-16-11-21(34)25(29(31)38)28(37)30(16,39)27(36)23(15)26(24)35/h4-8,13,15-16,32-33,35,37,39H,9-12H2,1-3H3,(H2,31,38). The molecule has 0 aliphatic heterocycles. The molecule has 1 fully saturated rings. The van der Waals surface area contributed by atoms with Crippen molar-refractivity contribution in [3.63, 3.8) is 0 Å². The number of ketones is 2. The van der Waals surface area contributed by atoms with Crippen molar-refractivity contribution in [3.05, 3.63) is 63.9 Å². The molecule has 0 bridgehead atoms. The van der Waals surface area contributed by atoms with E-state index < -0.39 is 52.0 Å². The molecule has 3 aliphatic carbocycles. The fourth-order valence-electron chi connectivity index (χ4n) is 6.27. The van der Waals surface area contributed by atoms with Crippen molar-refractivity contribution in [2.75, 3.05) is 7.11 Å². The van der Waals surface area contributed by atoms with Crippen LogP contribution >= 0.6 is 0 Å². The first-order valence-corrected chi connectivity index (χ1v) is 13.1. The number of benzene rings is 2. The SMILES string of the molecule is COc1ccc(CNC(C)C)cc1-c1ccc(O)c2c1CC1CC3CC(=O)C(C(N)=O)=C(O)C3(O)C(=O)C1=C2O. The fraction of sp³-hybridized carbons (Fsp3) is 0.367. The Labute approximate surface area is 230 Å². The van der Waals surface area contributed by atoms with Gasteiger partial charge in [-0.3, -0.25) is 14.4 Å². The van der Waals surface area contributed by atoms with Crippen LogP contribution in [-0.4, -0.2) is 56.7 Å². The van der Waals surface area contributed by atoms with Crippen molar-refractivity contribution >= 4 is 23.2 Å². The lowest BCUT2D eigenvalue weighted by Gasteiger charge is -2.46. The monoisotopic (exact) mass is 548 g/mol. The molecule has 7 N–H and O–H groups in total. The van der Waals surface area contributed by atoms with Crippen LogP contribution in [0.3, 0.4) is 0 Å². The first-order chi connectivity index (χ1) is 18.9. The predicted octanol–water partition coefficient (Wildman–Crippen LogP) is 2.60. The first-order valence-electron chi connectivity index (χ1n) is 13.1. The van der Waals surface area contributed by atoms with Crippen molar-refractivity contribution < 1.29 is 39.5 Å². The minimum absolute atomic E-state index is 0.0393. The number of Topliss-reactive ketones (excluding diaryl/α,β-unsaturated/α-hetero) is 2. The number of amides is 1. The van der Waals surface area contributed by atoms with Gasteiger partial charge in [0.2, 0.25) is 5.78 Å². The third-order valence-electron chi connectivity index (χ3n) is 8.22. The van der Waals surface area contributed by atoms with Gasteiger partial charge in [-0.25, -0.2) is 0 Å². The molecule has 3 unspecified atom stereocenters. The number of aromatic hydroxyl groups is 1. The Morgan fingerprint density at radius 3 is 2.50 bits per heavy atom. The van der Waals surface area contributed by atoms with Crippen LogP contribution in [-0.2, 0) is 27.3 Å². The molecule has 0 radical (unpaired) electrons. The van der Waals surface area contributed by atoms with Crippen molar-refractivity contribution in [1.29, 1.82) is 0 Å². The van der Waals surface area contributed by atoms with E-state index in [2.05, 4.69) is 5.32 Å². The molecule has 10 heteroatoms. The highest BCUT2D eigenvalue weighted by Gasteiger charge is 2.60. The van der Waals surface area contributed by atoms with E-state index in [9.17, 15) is 34.8 Å². The molecule has 210 valence electrons. The van der Waals surface area contributed by atoms with Gasteiger partial charge in [0, 0.05) is 36.1 Å². The molecule has 40 heavy (non-hydrogen) atoms. The quantitative estimate of drug-likeness (QED) is 0.296. The number of carbonyl (C=O) groups excluding carboxylic acids is 3. The summed E-state index contributed by atoms with van der Waals surface area (Å²) in [6, 6.07) is 9.17. The maximum Gasteiger partial charge on any atom is 0.255 e. The molecule has 3 aliphatic rings. The Kier molecular flexibility index (Phi) is 6.71. The van der Waals surface area contributed by atoms with Gasteiger partial charge < -0.3 is 36.2 Å².